The minimum Gasteiger partial charge on any atom is -0.333 e. The fourth-order valence-corrected chi connectivity index (χ4v) is 3.09. The van der Waals surface area contributed by atoms with E-state index in [-0.39, 0.29) is 30.2 Å². The van der Waals surface area contributed by atoms with Gasteiger partial charge >= 0.3 is 0 Å². The van der Waals surface area contributed by atoms with Crippen LogP contribution >= 0.6 is 12.4 Å². The zero-order valence-electron chi connectivity index (χ0n) is 13.7. The summed E-state index contributed by atoms with van der Waals surface area (Å²) >= 11 is 0. The number of carbonyl (C=O) groups is 1. The lowest BCUT2D eigenvalue weighted by Crippen LogP contribution is -2.49. The molecule has 0 saturated carbocycles. The molecule has 1 aliphatic heterocycles. The maximum atomic E-state index is 13.5. The smallest absolute Gasteiger partial charge is 0.227 e. The number of halogens is 2. The highest BCUT2D eigenvalue weighted by Crippen LogP contribution is 2.24. The first kappa shape index (κ1) is 18.4. The third-order valence-corrected chi connectivity index (χ3v) is 4.40. The Bertz CT molecular complexity index is 707. The third kappa shape index (κ3) is 4.13. The normalized spacial score (nSPS) is 17.2. The van der Waals surface area contributed by atoms with Gasteiger partial charge in [0.1, 0.15) is 5.82 Å². The number of carbonyl (C=O) groups excluding carboxylic acids is 1. The van der Waals surface area contributed by atoms with Crippen molar-refractivity contribution in [3.05, 3.63) is 71.0 Å². The van der Waals surface area contributed by atoms with E-state index in [9.17, 15) is 9.18 Å². The summed E-state index contributed by atoms with van der Waals surface area (Å²) in [6.07, 6.45) is 0.387. The molecule has 1 atom stereocenters. The Morgan fingerprint density at radius 2 is 2.04 bits per heavy atom. The van der Waals surface area contributed by atoms with Crippen molar-refractivity contribution in [1.29, 1.82) is 0 Å². The summed E-state index contributed by atoms with van der Waals surface area (Å²) in [4.78, 5) is 14.7. The quantitative estimate of drug-likeness (QED) is 0.923. The van der Waals surface area contributed by atoms with E-state index in [0.717, 1.165) is 23.2 Å². The van der Waals surface area contributed by atoms with Gasteiger partial charge in [0.05, 0.1) is 12.5 Å². The summed E-state index contributed by atoms with van der Waals surface area (Å²) in [5, 5.41) is 3.30. The zero-order valence-corrected chi connectivity index (χ0v) is 14.5. The highest BCUT2D eigenvalue weighted by molar-refractivity contribution is 5.85. The Morgan fingerprint density at radius 1 is 1.25 bits per heavy atom. The van der Waals surface area contributed by atoms with Crippen LogP contribution in [0, 0.1) is 12.7 Å². The highest BCUT2D eigenvalue weighted by Gasteiger charge is 2.28. The monoisotopic (exact) mass is 348 g/mol. The van der Waals surface area contributed by atoms with Gasteiger partial charge in [-0.25, -0.2) is 4.39 Å². The Hall–Kier alpha value is -1.91. The summed E-state index contributed by atoms with van der Waals surface area (Å²) in [5.74, 6) is -0.172. The van der Waals surface area contributed by atoms with Crippen LogP contribution in [0.25, 0.3) is 0 Å². The molecule has 2 aromatic rings. The molecule has 1 unspecified atom stereocenters. The van der Waals surface area contributed by atoms with E-state index >= 15 is 0 Å². The van der Waals surface area contributed by atoms with Gasteiger partial charge in [-0.15, -0.1) is 12.4 Å². The van der Waals surface area contributed by atoms with Crippen molar-refractivity contribution in [3.63, 3.8) is 0 Å². The number of hydrogen-bond donors (Lipinski definition) is 1. The number of amides is 1. The summed E-state index contributed by atoms with van der Waals surface area (Å²) in [5.41, 5.74) is 3.02. The maximum absolute atomic E-state index is 13.5. The van der Waals surface area contributed by atoms with E-state index in [1.807, 2.05) is 42.2 Å². The third-order valence-electron chi connectivity index (χ3n) is 4.40. The fourth-order valence-electron chi connectivity index (χ4n) is 3.09. The molecule has 128 valence electrons. The Balaban J connectivity index is 0.00000208. The molecule has 24 heavy (non-hydrogen) atoms. The van der Waals surface area contributed by atoms with Crippen molar-refractivity contribution in [2.45, 2.75) is 19.4 Å². The molecule has 1 fully saturated rings. The minimum atomic E-state index is -0.264. The molecule has 0 radical (unpaired) electrons. The lowest BCUT2D eigenvalue weighted by atomic mass is 10.0. The number of benzene rings is 2. The molecule has 2 aromatic carbocycles. The zero-order chi connectivity index (χ0) is 16.2. The van der Waals surface area contributed by atoms with Crippen molar-refractivity contribution in [2.24, 2.45) is 0 Å². The van der Waals surface area contributed by atoms with E-state index in [1.165, 1.54) is 12.1 Å². The maximum Gasteiger partial charge on any atom is 0.227 e. The first-order valence-corrected chi connectivity index (χ1v) is 7.95. The standard InChI is InChI=1S/C19H21FN2O.ClH/c1-14-5-2-3-6-15(14)12-19(23)22-10-9-21-13-18(22)16-7-4-8-17(20)11-16;/h2-8,11,18,21H,9-10,12-13H2,1H3;1H. The van der Waals surface area contributed by atoms with Crippen molar-refractivity contribution < 1.29 is 9.18 Å². The van der Waals surface area contributed by atoms with Crippen molar-refractivity contribution in [1.82, 2.24) is 10.2 Å². The molecule has 0 aliphatic carbocycles. The number of aryl methyl sites for hydroxylation is 1. The molecular weight excluding hydrogens is 327 g/mol. The summed E-state index contributed by atoms with van der Waals surface area (Å²) in [6.45, 7) is 4.09. The molecular formula is C19H22ClFN2O. The number of rotatable bonds is 3. The first-order chi connectivity index (χ1) is 11.1. The largest absolute Gasteiger partial charge is 0.333 e. The van der Waals surface area contributed by atoms with Gasteiger partial charge in [-0.1, -0.05) is 36.4 Å². The Labute approximate surface area is 148 Å². The van der Waals surface area contributed by atoms with Gasteiger partial charge in [0.25, 0.3) is 0 Å². The molecule has 1 N–H and O–H groups in total. The Kier molecular flexibility index (Phi) is 6.35. The molecule has 1 saturated heterocycles. The second-order valence-electron chi connectivity index (χ2n) is 5.97. The molecule has 1 amide bonds. The summed E-state index contributed by atoms with van der Waals surface area (Å²) < 4.78 is 13.5. The Morgan fingerprint density at radius 3 is 2.79 bits per heavy atom. The van der Waals surface area contributed by atoms with Crippen LogP contribution in [-0.2, 0) is 11.2 Å². The molecule has 0 aromatic heterocycles. The lowest BCUT2D eigenvalue weighted by Gasteiger charge is -2.36. The lowest BCUT2D eigenvalue weighted by molar-refractivity contribution is -0.133. The molecule has 5 heteroatoms. The fraction of sp³-hybridized carbons (Fsp3) is 0.316. The minimum absolute atomic E-state index is 0. The van der Waals surface area contributed by atoms with Crippen LogP contribution in [-0.4, -0.2) is 30.4 Å². The van der Waals surface area contributed by atoms with Crippen LogP contribution in [0.1, 0.15) is 22.7 Å². The number of nitrogens with one attached hydrogen (secondary N) is 1. The van der Waals surface area contributed by atoms with E-state index in [4.69, 9.17) is 0 Å². The topological polar surface area (TPSA) is 32.3 Å². The van der Waals surface area contributed by atoms with Gasteiger partial charge in [0, 0.05) is 19.6 Å². The van der Waals surface area contributed by atoms with Gasteiger partial charge in [-0.2, -0.15) is 0 Å². The summed E-state index contributed by atoms with van der Waals surface area (Å²) in [6, 6.07) is 14.4. The first-order valence-electron chi connectivity index (χ1n) is 7.95. The van der Waals surface area contributed by atoms with Gasteiger partial charge in [-0.3, -0.25) is 4.79 Å². The van der Waals surface area contributed by atoms with Gasteiger partial charge in [-0.05, 0) is 35.7 Å². The molecule has 1 aliphatic rings. The van der Waals surface area contributed by atoms with E-state index in [0.29, 0.717) is 19.5 Å². The average molecular weight is 349 g/mol. The van der Waals surface area contributed by atoms with Crippen molar-refractivity contribution in [3.8, 4) is 0 Å². The number of piperazine rings is 1. The van der Waals surface area contributed by atoms with Crippen LogP contribution in [0.15, 0.2) is 48.5 Å². The molecule has 3 nitrogen and oxygen atoms in total. The predicted molar refractivity (Wildman–Crippen MR) is 95.9 cm³/mol. The van der Waals surface area contributed by atoms with E-state index in [2.05, 4.69) is 5.32 Å². The average Bonchev–Trinajstić information content (AvgIpc) is 2.57. The van der Waals surface area contributed by atoms with Crippen LogP contribution in [0.3, 0.4) is 0 Å². The van der Waals surface area contributed by atoms with E-state index in [1.54, 1.807) is 6.07 Å². The SMILES string of the molecule is Cc1ccccc1CC(=O)N1CCNCC1c1cccc(F)c1.Cl. The molecule has 1 heterocycles. The van der Waals surface area contributed by atoms with Gasteiger partial charge in [0.15, 0.2) is 0 Å². The molecule has 0 bridgehead atoms. The van der Waals surface area contributed by atoms with Crippen molar-refractivity contribution >= 4 is 18.3 Å². The van der Waals surface area contributed by atoms with Gasteiger partial charge < -0.3 is 10.2 Å². The molecule has 3 rings (SSSR count). The van der Waals surface area contributed by atoms with Gasteiger partial charge in [0.2, 0.25) is 5.91 Å². The van der Waals surface area contributed by atoms with Crippen molar-refractivity contribution in [2.75, 3.05) is 19.6 Å². The second kappa shape index (κ2) is 8.27. The second-order valence-corrected chi connectivity index (χ2v) is 5.97. The molecule has 0 spiro atoms. The number of nitrogens with zero attached hydrogens (tertiary/aromatic N) is 1. The van der Waals surface area contributed by atoms with Crippen LogP contribution in [0.5, 0.6) is 0 Å². The summed E-state index contributed by atoms with van der Waals surface area (Å²) in [7, 11) is 0. The van der Waals surface area contributed by atoms with E-state index < -0.39 is 0 Å². The highest BCUT2D eigenvalue weighted by atomic mass is 35.5. The van der Waals surface area contributed by atoms with Crippen LogP contribution in [0.4, 0.5) is 4.39 Å². The van der Waals surface area contributed by atoms with Crippen LogP contribution in [0.2, 0.25) is 0 Å². The predicted octanol–water partition coefficient (Wildman–Crippen LogP) is 3.27. The van der Waals surface area contributed by atoms with Crippen LogP contribution < -0.4 is 5.32 Å². The number of hydrogen-bond acceptors (Lipinski definition) is 2.